The number of benzene rings is 1. The lowest BCUT2D eigenvalue weighted by Crippen LogP contribution is -2.54. The molecule has 1 saturated heterocycles. The Morgan fingerprint density at radius 1 is 1.08 bits per heavy atom. The van der Waals surface area contributed by atoms with E-state index in [-0.39, 0.29) is 11.6 Å². The van der Waals surface area contributed by atoms with Gasteiger partial charge in [-0.05, 0) is 32.5 Å². The highest BCUT2D eigenvalue weighted by atomic mass is 19.4. The van der Waals surface area contributed by atoms with Crippen molar-refractivity contribution in [2.75, 3.05) is 38.0 Å². The average Bonchev–Trinajstić information content (AvgIpc) is 2.60. The number of amides is 2. The summed E-state index contributed by atoms with van der Waals surface area (Å²) in [6, 6.07) is 4.74. The van der Waals surface area contributed by atoms with Gasteiger partial charge in [-0.25, -0.2) is 0 Å². The van der Waals surface area contributed by atoms with E-state index in [1.165, 1.54) is 32.0 Å². The second-order valence-electron chi connectivity index (χ2n) is 6.85. The third kappa shape index (κ3) is 4.35. The van der Waals surface area contributed by atoms with Crippen LogP contribution in [0, 0.1) is 5.41 Å². The van der Waals surface area contributed by atoms with Gasteiger partial charge < -0.3 is 15.1 Å². The van der Waals surface area contributed by atoms with E-state index < -0.39 is 23.1 Å². The van der Waals surface area contributed by atoms with Crippen molar-refractivity contribution in [3.8, 4) is 0 Å². The van der Waals surface area contributed by atoms with Crippen molar-refractivity contribution < 1.29 is 22.8 Å². The van der Waals surface area contributed by atoms with Crippen LogP contribution in [0.1, 0.15) is 26.3 Å². The number of likely N-dealkylation sites (N-methyl/N-ethyl adjacent to an activating group) is 1. The minimum Gasteiger partial charge on any atom is -0.339 e. The Bertz CT molecular complexity index is 666. The van der Waals surface area contributed by atoms with Gasteiger partial charge in [0.15, 0.2) is 0 Å². The van der Waals surface area contributed by atoms with Gasteiger partial charge in [0.25, 0.3) is 0 Å². The van der Waals surface area contributed by atoms with Gasteiger partial charge in [0, 0.05) is 26.2 Å². The number of alkyl halides is 3. The van der Waals surface area contributed by atoms with Crippen molar-refractivity contribution in [2.24, 2.45) is 5.41 Å². The molecule has 5 nitrogen and oxygen atoms in total. The molecule has 1 aromatic rings. The van der Waals surface area contributed by atoms with Crippen LogP contribution < -0.4 is 5.32 Å². The average molecular weight is 371 g/mol. The van der Waals surface area contributed by atoms with E-state index in [1.807, 2.05) is 6.92 Å². The molecule has 144 valence electrons. The maximum atomic E-state index is 13.1. The number of carbonyl (C=O) groups excluding carboxylic acids is 2. The number of hydrogen-bond acceptors (Lipinski definition) is 3. The minimum atomic E-state index is -4.59. The van der Waals surface area contributed by atoms with Crippen molar-refractivity contribution in [1.29, 1.82) is 0 Å². The quantitative estimate of drug-likeness (QED) is 0.828. The molecule has 2 rings (SSSR count). The van der Waals surface area contributed by atoms with Crippen LogP contribution in [0.2, 0.25) is 0 Å². The zero-order valence-electron chi connectivity index (χ0n) is 15.2. The molecule has 0 saturated carbocycles. The lowest BCUT2D eigenvalue weighted by molar-refractivity contribution is -0.147. The van der Waals surface area contributed by atoms with Gasteiger partial charge >= 0.3 is 6.18 Å². The molecule has 1 aromatic carbocycles. The molecule has 0 aliphatic carbocycles. The Labute approximate surface area is 151 Å². The Morgan fingerprint density at radius 2 is 1.65 bits per heavy atom. The second kappa shape index (κ2) is 7.65. The van der Waals surface area contributed by atoms with E-state index in [1.54, 1.807) is 4.90 Å². The maximum absolute atomic E-state index is 13.1. The SMILES string of the molecule is CCN1CCN(C(=O)C(C)(C)C(=O)Nc2ccccc2C(F)(F)F)CC1. The summed E-state index contributed by atoms with van der Waals surface area (Å²) in [5.74, 6) is -1.13. The van der Waals surface area contributed by atoms with Gasteiger partial charge in [0.1, 0.15) is 5.41 Å². The van der Waals surface area contributed by atoms with Crippen LogP contribution in [0.25, 0.3) is 0 Å². The fraction of sp³-hybridized carbons (Fsp3) is 0.556. The van der Waals surface area contributed by atoms with E-state index in [0.717, 1.165) is 25.7 Å². The van der Waals surface area contributed by atoms with E-state index in [4.69, 9.17) is 0 Å². The zero-order valence-corrected chi connectivity index (χ0v) is 15.2. The first-order chi connectivity index (χ1) is 12.1. The molecule has 2 amide bonds. The number of piperazine rings is 1. The zero-order chi connectivity index (χ0) is 19.5. The molecule has 0 spiro atoms. The number of anilines is 1. The minimum absolute atomic E-state index is 0.346. The molecule has 0 radical (unpaired) electrons. The number of nitrogens with zero attached hydrogens (tertiary/aromatic N) is 2. The molecule has 26 heavy (non-hydrogen) atoms. The van der Waals surface area contributed by atoms with Gasteiger partial charge in [-0.2, -0.15) is 13.2 Å². The fourth-order valence-corrected chi connectivity index (χ4v) is 2.88. The number of halogens is 3. The highest BCUT2D eigenvalue weighted by Gasteiger charge is 2.41. The van der Waals surface area contributed by atoms with Crippen LogP contribution in [0.3, 0.4) is 0 Å². The number of rotatable bonds is 4. The van der Waals surface area contributed by atoms with Crippen molar-refractivity contribution >= 4 is 17.5 Å². The number of hydrogen-bond donors (Lipinski definition) is 1. The Kier molecular flexibility index (Phi) is 5.95. The second-order valence-corrected chi connectivity index (χ2v) is 6.85. The highest BCUT2D eigenvalue weighted by Crippen LogP contribution is 2.35. The van der Waals surface area contributed by atoms with Crippen molar-refractivity contribution in [3.63, 3.8) is 0 Å². The van der Waals surface area contributed by atoms with Crippen LogP contribution in [-0.2, 0) is 15.8 Å². The largest absolute Gasteiger partial charge is 0.418 e. The molecule has 0 unspecified atom stereocenters. The lowest BCUT2D eigenvalue weighted by Gasteiger charge is -2.37. The summed E-state index contributed by atoms with van der Waals surface area (Å²) in [7, 11) is 0. The molecule has 1 fully saturated rings. The monoisotopic (exact) mass is 371 g/mol. The standard InChI is InChI=1S/C18H24F3N3O2/c1-4-23-9-11-24(12-10-23)16(26)17(2,3)15(25)22-14-8-6-5-7-13(14)18(19,20)21/h5-8H,4,9-12H2,1-3H3,(H,22,25). The van der Waals surface area contributed by atoms with E-state index >= 15 is 0 Å². The van der Waals surface area contributed by atoms with E-state index in [2.05, 4.69) is 10.2 Å². The first kappa shape index (κ1) is 20.2. The molecule has 1 heterocycles. The summed E-state index contributed by atoms with van der Waals surface area (Å²) < 4.78 is 39.3. The third-order valence-electron chi connectivity index (χ3n) is 4.69. The van der Waals surface area contributed by atoms with Crippen LogP contribution in [0.15, 0.2) is 24.3 Å². The van der Waals surface area contributed by atoms with Crippen molar-refractivity contribution in [2.45, 2.75) is 26.9 Å². The van der Waals surface area contributed by atoms with Crippen LogP contribution in [-0.4, -0.2) is 54.3 Å². The smallest absolute Gasteiger partial charge is 0.339 e. The summed E-state index contributed by atoms with van der Waals surface area (Å²) >= 11 is 0. The number of para-hydroxylation sites is 1. The fourth-order valence-electron chi connectivity index (χ4n) is 2.88. The van der Waals surface area contributed by atoms with Crippen LogP contribution in [0.5, 0.6) is 0 Å². The lowest BCUT2D eigenvalue weighted by atomic mass is 9.89. The Hall–Kier alpha value is -2.09. The van der Waals surface area contributed by atoms with Gasteiger partial charge in [-0.1, -0.05) is 19.1 Å². The normalized spacial score (nSPS) is 16.5. The topological polar surface area (TPSA) is 52.7 Å². The van der Waals surface area contributed by atoms with Crippen molar-refractivity contribution in [3.05, 3.63) is 29.8 Å². The summed E-state index contributed by atoms with van der Waals surface area (Å²) in [4.78, 5) is 29.1. The van der Waals surface area contributed by atoms with Gasteiger partial charge in [0.05, 0.1) is 11.3 Å². The Morgan fingerprint density at radius 3 is 2.19 bits per heavy atom. The molecule has 8 heteroatoms. The van der Waals surface area contributed by atoms with E-state index in [0.29, 0.717) is 13.1 Å². The first-order valence-corrected chi connectivity index (χ1v) is 8.56. The third-order valence-corrected chi connectivity index (χ3v) is 4.69. The van der Waals surface area contributed by atoms with Gasteiger partial charge in [-0.15, -0.1) is 0 Å². The molecule has 0 aromatic heterocycles. The molecule has 1 aliphatic rings. The first-order valence-electron chi connectivity index (χ1n) is 8.56. The number of carbonyl (C=O) groups is 2. The Balaban J connectivity index is 2.12. The molecule has 1 aliphatic heterocycles. The predicted octanol–water partition coefficient (Wildman–Crippen LogP) is 2.83. The summed E-state index contributed by atoms with van der Waals surface area (Å²) in [6.45, 7) is 8.24. The number of nitrogens with one attached hydrogen (secondary N) is 1. The molecule has 0 atom stereocenters. The van der Waals surface area contributed by atoms with Gasteiger partial charge in [0.2, 0.25) is 11.8 Å². The summed E-state index contributed by atoms with van der Waals surface area (Å²) in [5.41, 5.74) is -2.75. The molecule has 1 N–H and O–H groups in total. The van der Waals surface area contributed by atoms with E-state index in [9.17, 15) is 22.8 Å². The molecular weight excluding hydrogens is 347 g/mol. The summed E-state index contributed by atoms with van der Waals surface area (Å²) in [6.07, 6.45) is -4.59. The van der Waals surface area contributed by atoms with Gasteiger partial charge in [-0.3, -0.25) is 9.59 Å². The van der Waals surface area contributed by atoms with Crippen molar-refractivity contribution in [1.82, 2.24) is 9.80 Å². The highest BCUT2D eigenvalue weighted by molar-refractivity contribution is 6.10. The van der Waals surface area contributed by atoms with Crippen LogP contribution >= 0.6 is 0 Å². The maximum Gasteiger partial charge on any atom is 0.418 e. The molecule has 0 bridgehead atoms. The molecular formula is C18H24F3N3O2. The summed E-state index contributed by atoms with van der Waals surface area (Å²) in [5, 5.41) is 2.28. The van der Waals surface area contributed by atoms with Crippen LogP contribution in [0.4, 0.5) is 18.9 Å². The predicted molar refractivity (Wildman–Crippen MR) is 92.5 cm³/mol.